The van der Waals surface area contributed by atoms with E-state index in [0.29, 0.717) is 5.75 Å². The van der Waals surface area contributed by atoms with Gasteiger partial charge in [-0.2, -0.15) is 11.8 Å². The van der Waals surface area contributed by atoms with Gasteiger partial charge in [0.15, 0.2) is 0 Å². The topological polar surface area (TPSA) is 46.3 Å². The molecule has 0 bridgehead atoms. The summed E-state index contributed by atoms with van der Waals surface area (Å²) >= 11 is 1.62. The Hall–Kier alpha value is -1.00. The quantitative estimate of drug-likeness (QED) is 0.920. The first kappa shape index (κ1) is 14.4. The van der Waals surface area contributed by atoms with Crippen LogP contribution in [-0.2, 0) is 11.2 Å². The van der Waals surface area contributed by atoms with Gasteiger partial charge in [-0.3, -0.25) is 4.79 Å². The molecule has 1 aliphatic heterocycles. The Bertz CT molecular complexity index is 454. The average molecular weight is 278 g/mol. The molecule has 0 saturated heterocycles. The van der Waals surface area contributed by atoms with E-state index in [1.165, 1.54) is 5.56 Å². The minimum absolute atomic E-state index is 0.196. The highest BCUT2D eigenvalue weighted by Gasteiger charge is 2.22. The number of nitrogens with zero attached hydrogens (tertiary/aromatic N) is 1. The van der Waals surface area contributed by atoms with Crippen LogP contribution in [0.15, 0.2) is 24.3 Å². The molecule has 1 aromatic rings. The van der Waals surface area contributed by atoms with Crippen molar-refractivity contribution in [3.8, 4) is 0 Å². The number of para-hydroxylation sites is 1. The first-order valence-electron chi connectivity index (χ1n) is 6.72. The number of fused-ring (bicyclic) bond motifs is 1. The zero-order chi connectivity index (χ0) is 13.9. The summed E-state index contributed by atoms with van der Waals surface area (Å²) in [4.78, 5) is 14.2. The van der Waals surface area contributed by atoms with Gasteiger partial charge < -0.3 is 10.6 Å². The van der Waals surface area contributed by atoms with Crippen molar-refractivity contribution >= 4 is 23.4 Å². The van der Waals surface area contributed by atoms with Gasteiger partial charge in [-0.15, -0.1) is 0 Å². The number of amides is 1. The number of thioether (sulfide) groups is 1. The van der Waals surface area contributed by atoms with Gasteiger partial charge in [-0.1, -0.05) is 18.2 Å². The number of aryl methyl sites for hydroxylation is 1. The van der Waals surface area contributed by atoms with Crippen LogP contribution in [0.4, 0.5) is 5.69 Å². The summed E-state index contributed by atoms with van der Waals surface area (Å²) in [5.74, 6) is 1.50. The molecule has 0 fully saturated rings. The third-order valence-corrected chi connectivity index (χ3v) is 4.51. The monoisotopic (exact) mass is 278 g/mol. The second-order valence-corrected chi connectivity index (χ2v) is 6.74. The van der Waals surface area contributed by atoms with Crippen LogP contribution < -0.4 is 10.6 Å². The van der Waals surface area contributed by atoms with Crippen LogP contribution in [0.3, 0.4) is 0 Å². The smallest absolute Gasteiger partial charge is 0.236 e. The summed E-state index contributed by atoms with van der Waals surface area (Å²) < 4.78 is 0. The second kappa shape index (κ2) is 5.97. The highest BCUT2D eigenvalue weighted by molar-refractivity contribution is 8.00. The molecule has 0 aliphatic carbocycles. The van der Waals surface area contributed by atoms with Gasteiger partial charge in [0, 0.05) is 23.5 Å². The highest BCUT2D eigenvalue weighted by Crippen LogP contribution is 2.27. The van der Waals surface area contributed by atoms with Crippen molar-refractivity contribution < 1.29 is 4.79 Å². The molecule has 0 spiro atoms. The molecule has 1 aromatic carbocycles. The molecule has 3 nitrogen and oxygen atoms in total. The molecule has 19 heavy (non-hydrogen) atoms. The number of carbonyl (C=O) groups is 1. The number of nitrogens with two attached hydrogens (primary N) is 1. The van der Waals surface area contributed by atoms with Gasteiger partial charge in [-0.05, 0) is 38.3 Å². The van der Waals surface area contributed by atoms with Gasteiger partial charge in [0.1, 0.15) is 0 Å². The number of carbonyl (C=O) groups excluding carboxylic acids is 1. The summed E-state index contributed by atoms with van der Waals surface area (Å²) in [6.45, 7) is 4.81. The largest absolute Gasteiger partial charge is 0.325 e. The number of benzene rings is 1. The van der Waals surface area contributed by atoms with Crippen molar-refractivity contribution in [2.24, 2.45) is 5.73 Å². The lowest BCUT2D eigenvalue weighted by atomic mass is 10.0. The van der Waals surface area contributed by atoms with E-state index in [0.717, 1.165) is 30.8 Å². The number of rotatable bonds is 4. The van der Waals surface area contributed by atoms with Crippen LogP contribution >= 0.6 is 11.8 Å². The molecular formula is C15H22N2OS. The van der Waals surface area contributed by atoms with Crippen LogP contribution in [0.1, 0.15) is 25.8 Å². The lowest BCUT2D eigenvalue weighted by Crippen LogP contribution is -2.38. The third-order valence-electron chi connectivity index (χ3n) is 3.11. The standard InChI is InChI=1S/C15H22N2OS/c1-15(2,16)11-19-10-14(18)17-9-5-7-12-6-3-4-8-13(12)17/h3-4,6,8H,5,7,9-11,16H2,1-2H3. The minimum atomic E-state index is -0.218. The first-order chi connectivity index (χ1) is 8.97. The molecule has 1 amide bonds. The van der Waals surface area contributed by atoms with Gasteiger partial charge in [0.25, 0.3) is 0 Å². The highest BCUT2D eigenvalue weighted by atomic mass is 32.2. The Labute approximate surface area is 119 Å². The molecular weight excluding hydrogens is 256 g/mol. The maximum absolute atomic E-state index is 12.3. The third kappa shape index (κ3) is 3.98. The Morgan fingerprint density at radius 1 is 1.42 bits per heavy atom. The molecule has 1 aliphatic rings. The normalized spacial score (nSPS) is 15.2. The van der Waals surface area contributed by atoms with Crippen LogP contribution in [0.2, 0.25) is 0 Å². The SMILES string of the molecule is CC(C)(N)CSCC(=O)N1CCCc2ccccc21. The fourth-order valence-corrected chi connectivity index (χ4v) is 3.23. The Balaban J connectivity index is 1.97. The van der Waals surface area contributed by atoms with Crippen molar-refractivity contribution in [3.63, 3.8) is 0 Å². The Morgan fingerprint density at radius 3 is 2.89 bits per heavy atom. The van der Waals surface area contributed by atoms with Crippen LogP contribution in [0, 0.1) is 0 Å². The van der Waals surface area contributed by atoms with Crippen LogP contribution in [-0.4, -0.2) is 29.5 Å². The molecule has 0 saturated carbocycles. The molecule has 4 heteroatoms. The van der Waals surface area contributed by atoms with E-state index in [1.54, 1.807) is 11.8 Å². The van der Waals surface area contributed by atoms with Crippen LogP contribution in [0.5, 0.6) is 0 Å². The zero-order valence-corrected chi connectivity index (χ0v) is 12.5. The molecule has 1 heterocycles. The first-order valence-corrected chi connectivity index (χ1v) is 7.88. The predicted molar refractivity (Wildman–Crippen MR) is 82.7 cm³/mol. The second-order valence-electron chi connectivity index (χ2n) is 5.76. The maximum Gasteiger partial charge on any atom is 0.236 e. The number of hydrogen-bond acceptors (Lipinski definition) is 3. The van der Waals surface area contributed by atoms with E-state index < -0.39 is 0 Å². The van der Waals surface area contributed by atoms with E-state index in [9.17, 15) is 4.79 Å². The zero-order valence-electron chi connectivity index (χ0n) is 11.7. The molecule has 0 aromatic heterocycles. The summed E-state index contributed by atoms with van der Waals surface area (Å²) in [7, 11) is 0. The number of hydrogen-bond donors (Lipinski definition) is 1. The van der Waals surface area contributed by atoms with E-state index >= 15 is 0 Å². The summed E-state index contributed by atoms with van der Waals surface area (Å²) in [5, 5.41) is 0. The molecule has 0 atom stereocenters. The van der Waals surface area contributed by atoms with Crippen molar-refractivity contribution in [1.82, 2.24) is 0 Å². The summed E-state index contributed by atoms with van der Waals surface area (Å²) in [5.41, 5.74) is 8.09. The van der Waals surface area contributed by atoms with Gasteiger partial charge in [-0.25, -0.2) is 0 Å². The van der Waals surface area contributed by atoms with Gasteiger partial charge >= 0.3 is 0 Å². The number of anilines is 1. The fraction of sp³-hybridized carbons (Fsp3) is 0.533. The van der Waals surface area contributed by atoms with E-state index in [-0.39, 0.29) is 11.4 Å². The van der Waals surface area contributed by atoms with E-state index in [2.05, 4.69) is 6.07 Å². The Morgan fingerprint density at radius 2 is 2.16 bits per heavy atom. The maximum atomic E-state index is 12.3. The molecule has 2 rings (SSSR count). The Kier molecular flexibility index (Phi) is 4.53. The average Bonchev–Trinajstić information content (AvgIpc) is 2.36. The van der Waals surface area contributed by atoms with Crippen LogP contribution in [0.25, 0.3) is 0 Å². The summed E-state index contributed by atoms with van der Waals surface area (Å²) in [6.07, 6.45) is 2.12. The van der Waals surface area contributed by atoms with Gasteiger partial charge in [0.05, 0.1) is 5.75 Å². The van der Waals surface area contributed by atoms with Crippen molar-refractivity contribution in [1.29, 1.82) is 0 Å². The molecule has 104 valence electrons. The fourth-order valence-electron chi connectivity index (χ4n) is 2.27. The van der Waals surface area contributed by atoms with Crippen molar-refractivity contribution in [3.05, 3.63) is 29.8 Å². The molecule has 0 unspecified atom stereocenters. The molecule has 0 radical (unpaired) electrons. The van der Waals surface area contributed by atoms with E-state index in [1.807, 2.05) is 36.9 Å². The van der Waals surface area contributed by atoms with E-state index in [4.69, 9.17) is 5.73 Å². The van der Waals surface area contributed by atoms with Crippen molar-refractivity contribution in [2.75, 3.05) is 23.0 Å². The molecule has 2 N–H and O–H groups in total. The lowest BCUT2D eigenvalue weighted by molar-refractivity contribution is -0.116. The minimum Gasteiger partial charge on any atom is -0.325 e. The van der Waals surface area contributed by atoms with Gasteiger partial charge in [0.2, 0.25) is 5.91 Å². The predicted octanol–water partition coefficient (Wildman–Crippen LogP) is 2.44. The van der Waals surface area contributed by atoms with Crippen molar-refractivity contribution in [2.45, 2.75) is 32.2 Å². The summed E-state index contributed by atoms with van der Waals surface area (Å²) in [6, 6.07) is 8.20. The lowest BCUT2D eigenvalue weighted by Gasteiger charge is -2.29.